The third kappa shape index (κ3) is 4.03. The Kier molecular flexibility index (Phi) is 5.46. The number of nitrogens with zero attached hydrogens (tertiary/aromatic N) is 2. The second-order valence-electron chi connectivity index (χ2n) is 4.95. The molecule has 1 aromatic carbocycles. The Balaban J connectivity index is 1.79. The summed E-state index contributed by atoms with van der Waals surface area (Å²) in [6, 6.07) is 7.42. The zero-order valence-electron chi connectivity index (χ0n) is 12.9. The smallest absolute Gasteiger partial charge is 0.409 e. The molecule has 1 aromatic rings. The summed E-state index contributed by atoms with van der Waals surface area (Å²) in [6.07, 6.45) is -0.351. The molecule has 1 fully saturated rings. The summed E-state index contributed by atoms with van der Waals surface area (Å²) in [5.41, 5.74) is 0.973. The fourth-order valence-electron chi connectivity index (χ4n) is 2.29. The van der Waals surface area contributed by atoms with Crippen molar-refractivity contribution in [1.29, 1.82) is 0 Å². The Labute approximate surface area is 129 Å². The van der Waals surface area contributed by atoms with Crippen LogP contribution in [0.1, 0.15) is 5.56 Å². The summed E-state index contributed by atoms with van der Waals surface area (Å²) < 4.78 is 9.82. The average Bonchev–Trinajstić information content (AvgIpc) is 2.59. The van der Waals surface area contributed by atoms with Gasteiger partial charge in [-0.2, -0.15) is 0 Å². The van der Waals surface area contributed by atoms with Crippen LogP contribution in [-0.4, -0.2) is 62.3 Å². The largest absolute Gasteiger partial charge is 0.497 e. The van der Waals surface area contributed by atoms with Crippen LogP contribution >= 0.6 is 0 Å². The first kappa shape index (κ1) is 15.9. The van der Waals surface area contributed by atoms with Crippen molar-refractivity contribution in [3.63, 3.8) is 0 Å². The van der Waals surface area contributed by atoms with Gasteiger partial charge < -0.3 is 24.6 Å². The van der Waals surface area contributed by atoms with Gasteiger partial charge in [0.15, 0.2) is 0 Å². The fourth-order valence-corrected chi connectivity index (χ4v) is 2.29. The maximum Gasteiger partial charge on any atom is 0.409 e. The molecule has 0 saturated carbocycles. The maximum absolute atomic E-state index is 12.1. The van der Waals surface area contributed by atoms with Crippen molar-refractivity contribution >= 4 is 12.1 Å². The molecular weight excluding hydrogens is 286 g/mol. The minimum Gasteiger partial charge on any atom is -0.497 e. The van der Waals surface area contributed by atoms with Crippen molar-refractivity contribution in [1.82, 2.24) is 15.1 Å². The minimum atomic E-state index is -0.351. The van der Waals surface area contributed by atoms with Crippen molar-refractivity contribution in [2.45, 2.75) is 6.54 Å². The Morgan fingerprint density at radius 3 is 2.45 bits per heavy atom. The molecule has 3 amide bonds. The molecule has 120 valence electrons. The van der Waals surface area contributed by atoms with Gasteiger partial charge in [-0.1, -0.05) is 12.1 Å². The molecule has 0 unspecified atom stereocenters. The van der Waals surface area contributed by atoms with Crippen molar-refractivity contribution in [3.8, 4) is 5.75 Å². The van der Waals surface area contributed by atoms with Gasteiger partial charge in [0.2, 0.25) is 0 Å². The van der Waals surface area contributed by atoms with Gasteiger partial charge in [-0.25, -0.2) is 9.59 Å². The number of hydrogen-bond acceptors (Lipinski definition) is 4. The molecule has 1 N–H and O–H groups in total. The number of methoxy groups -OCH3 is 2. The van der Waals surface area contributed by atoms with Crippen LogP contribution < -0.4 is 10.1 Å². The number of nitrogens with one attached hydrogen (secondary N) is 1. The summed E-state index contributed by atoms with van der Waals surface area (Å²) in [5.74, 6) is 0.762. The van der Waals surface area contributed by atoms with Gasteiger partial charge in [0, 0.05) is 32.7 Å². The second kappa shape index (κ2) is 7.53. The van der Waals surface area contributed by atoms with Crippen LogP contribution in [0.4, 0.5) is 9.59 Å². The van der Waals surface area contributed by atoms with E-state index in [1.807, 2.05) is 24.3 Å². The lowest BCUT2D eigenvalue weighted by Crippen LogP contribution is -2.53. The molecule has 1 aliphatic rings. The number of ether oxygens (including phenoxy) is 2. The normalized spacial score (nSPS) is 14.5. The average molecular weight is 307 g/mol. The number of urea groups is 1. The van der Waals surface area contributed by atoms with E-state index in [-0.39, 0.29) is 12.1 Å². The number of piperazine rings is 1. The van der Waals surface area contributed by atoms with Gasteiger partial charge in [0.25, 0.3) is 0 Å². The van der Waals surface area contributed by atoms with Crippen molar-refractivity contribution in [3.05, 3.63) is 29.8 Å². The third-order valence-corrected chi connectivity index (χ3v) is 3.58. The van der Waals surface area contributed by atoms with Crippen LogP contribution in [0.2, 0.25) is 0 Å². The molecular formula is C15H21N3O4. The number of carbonyl (C=O) groups is 2. The van der Waals surface area contributed by atoms with Gasteiger partial charge >= 0.3 is 12.1 Å². The lowest BCUT2D eigenvalue weighted by Gasteiger charge is -2.33. The number of rotatable bonds is 3. The van der Waals surface area contributed by atoms with Gasteiger partial charge in [0.1, 0.15) is 5.75 Å². The van der Waals surface area contributed by atoms with E-state index in [0.29, 0.717) is 32.7 Å². The first-order valence-electron chi connectivity index (χ1n) is 7.12. The predicted octanol–water partition coefficient (Wildman–Crippen LogP) is 1.29. The first-order chi connectivity index (χ1) is 10.6. The van der Waals surface area contributed by atoms with Gasteiger partial charge in [0.05, 0.1) is 14.2 Å². The molecule has 2 rings (SSSR count). The molecule has 1 heterocycles. The fraction of sp³-hybridized carbons (Fsp3) is 0.467. The topological polar surface area (TPSA) is 71.1 Å². The number of amides is 3. The lowest BCUT2D eigenvalue weighted by molar-refractivity contribution is 0.0970. The second-order valence-corrected chi connectivity index (χ2v) is 4.95. The van der Waals surface area contributed by atoms with Crippen LogP contribution in [0, 0.1) is 0 Å². The SMILES string of the molecule is COC(=O)N1CCN(C(=O)NCc2cccc(OC)c2)CC1. The zero-order chi connectivity index (χ0) is 15.9. The van der Waals surface area contributed by atoms with E-state index in [4.69, 9.17) is 4.74 Å². The molecule has 0 bridgehead atoms. The van der Waals surface area contributed by atoms with E-state index in [1.54, 1.807) is 16.9 Å². The molecule has 0 radical (unpaired) electrons. The van der Waals surface area contributed by atoms with Crippen LogP contribution in [0.15, 0.2) is 24.3 Å². The molecule has 0 aromatic heterocycles. The van der Waals surface area contributed by atoms with E-state index in [2.05, 4.69) is 10.1 Å². The number of carbonyl (C=O) groups excluding carboxylic acids is 2. The van der Waals surface area contributed by atoms with Crippen LogP contribution in [-0.2, 0) is 11.3 Å². The Bertz CT molecular complexity index is 527. The highest BCUT2D eigenvalue weighted by atomic mass is 16.5. The van der Waals surface area contributed by atoms with E-state index >= 15 is 0 Å². The summed E-state index contributed by atoms with van der Waals surface area (Å²) in [7, 11) is 2.97. The molecule has 7 heteroatoms. The van der Waals surface area contributed by atoms with E-state index < -0.39 is 0 Å². The van der Waals surface area contributed by atoms with E-state index in [9.17, 15) is 9.59 Å². The Hall–Kier alpha value is -2.44. The van der Waals surface area contributed by atoms with Gasteiger partial charge in [-0.05, 0) is 17.7 Å². The van der Waals surface area contributed by atoms with Crippen LogP contribution in [0.25, 0.3) is 0 Å². The Morgan fingerprint density at radius 2 is 1.82 bits per heavy atom. The summed E-state index contributed by atoms with van der Waals surface area (Å²) >= 11 is 0. The molecule has 0 atom stereocenters. The summed E-state index contributed by atoms with van der Waals surface area (Å²) in [5, 5.41) is 2.87. The quantitative estimate of drug-likeness (QED) is 0.913. The predicted molar refractivity (Wildman–Crippen MR) is 80.8 cm³/mol. The molecule has 0 aliphatic carbocycles. The standard InChI is InChI=1S/C15H21N3O4/c1-21-13-5-3-4-12(10-13)11-16-14(19)17-6-8-18(9-7-17)15(20)22-2/h3-5,10H,6-9,11H2,1-2H3,(H,16,19). The number of benzene rings is 1. The summed E-state index contributed by atoms with van der Waals surface area (Å²) in [6.45, 7) is 2.41. The minimum absolute atomic E-state index is 0.132. The highest BCUT2D eigenvalue weighted by Gasteiger charge is 2.24. The molecule has 22 heavy (non-hydrogen) atoms. The summed E-state index contributed by atoms with van der Waals surface area (Å²) in [4.78, 5) is 26.8. The number of hydrogen-bond donors (Lipinski definition) is 1. The van der Waals surface area contributed by atoms with Crippen LogP contribution in [0.3, 0.4) is 0 Å². The lowest BCUT2D eigenvalue weighted by atomic mass is 10.2. The highest BCUT2D eigenvalue weighted by Crippen LogP contribution is 2.12. The van der Waals surface area contributed by atoms with Crippen molar-refractivity contribution < 1.29 is 19.1 Å². The van der Waals surface area contributed by atoms with Crippen molar-refractivity contribution in [2.24, 2.45) is 0 Å². The molecule has 7 nitrogen and oxygen atoms in total. The van der Waals surface area contributed by atoms with E-state index in [1.165, 1.54) is 7.11 Å². The Morgan fingerprint density at radius 1 is 1.14 bits per heavy atom. The van der Waals surface area contributed by atoms with Crippen molar-refractivity contribution in [2.75, 3.05) is 40.4 Å². The van der Waals surface area contributed by atoms with Crippen LogP contribution in [0.5, 0.6) is 5.75 Å². The third-order valence-electron chi connectivity index (χ3n) is 3.58. The van der Waals surface area contributed by atoms with Gasteiger partial charge in [-0.3, -0.25) is 0 Å². The monoisotopic (exact) mass is 307 g/mol. The molecule has 0 spiro atoms. The molecule has 1 aliphatic heterocycles. The zero-order valence-corrected chi connectivity index (χ0v) is 12.9. The molecule has 1 saturated heterocycles. The highest BCUT2D eigenvalue weighted by molar-refractivity contribution is 5.75. The van der Waals surface area contributed by atoms with E-state index in [0.717, 1.165) is 11.3 Å². The first-order valence-corrected chi connectivity index (χ1v) is 7.12. The maximum atomic E-state index is 12.1. The van der Waals surface area contributed by atoms with Gasteiger partial charge in [-0.15, -0.1) is 0 Å².